The third-order valence-corrected chi connectivity index (χ3v) is 9.64. The Morgan fingerprint density at radius 1 is 1.03 bits per heavy atom. The molecule has 0 bridgehead atoms. The second kappa shape index (κ2) is 9.54. The zero-order chi connectivity index (χ0) is 23.6. The molecule has 1 amide bonds. The lowest BCUT2D eigenvalue weighted by atomic mass is 10.1. The van der Waals surface area contributed by atoms with E-state index in [1.807, 2.05) is 30.3 Å². The Morgan fingerprint density at radius 2 is 1.73 bits per heavy atom. The molecule has 2 aromatic carbocycles. The Balaban J connectivity index is 1.41. The van der Waals surface area contributed by atoms with E-state index >= 15 is 0 Å². The Bertz CT molecular complexity index is 1210. The number of benzene rings is 2. The van der Waals surface area contributed by atoms with Crippen molar-refractivity contribution in [2.75, 3.05) is 37.7 Å². The van der Waals surface area contributed by atoms with E-state index in [0.717, 1.165) is 5.56 Å². The van der Waals surface area contributed by atoms with Gasteiger partial charge in [0.05, 0.1) is 16.4 Å². The van der Waals surface area contributed by atoms with Crippen LogP contribution in [0.5, 0.6) is 0 Å². The summed E-state index contributed by atoms with van der Waals surface area (Å²) in [5.41, 5.74) is 1.17. The summed E-state index contributed by atoms with van der Waals surface area (Å²) in [4.78, 5) is 16.9. The highest BCUT2D eigenvalue weighted by molar-refractivity contribution is 7.91. The van der Waals surface area contributed by atoms with E-state index < -0.39 is 25.9 Å². The van der Waals surface area contributed by atoms with Crippen LogP contribution in [0, 0.1) is 0 Å². The SMILES string of the molecule is C[C@H](NS(=O)(=O)c1cccc(C(=O)N2CCN([C@H]3CCS(=O)(=O)C3)CC2)c1)c1ccccc1. The van der Waals surface area contributed by atoms with Crippen molar-refractivity contribution in [2.45, 2.75) is 30.3 Å². The monoisotopic (exact) mass is 491 g/mol. The van der Waals surface area contributed by atoms with E-state index in [2.05, 4.69) is 9.62 Å². The van der Waals surface area contributed by atoms with Gasteiger partial charge >= 0.3 is 0 Å². The van der Waals surface area contributed by atoms with Crippen molar-refractivity contribution in [2.24, 2.45) is 0 Å². The van der Waals surface area contributed by atoms with E-state index in [1.165, 1.54) is 12.1 Å². The molecule has 2 aromatic rings. The highest BCUT2D eigenvalue weighted by Gasteiger charge is 2.34. The molecule has 2 atom stereocenters. The molecular formula is C23H29N3O5S2. The van der Waals surface area contributed by atoms with Crippen molar-refractivity contribution in [3.63, 3.8) is 0 Å². The standard InChI is InChI=1S/C23H29N3O5S2/c1-18(19-6-3-2-4-7-19)24-33(30,31)22-9-5-8-20(16-22)23(27)26-13-11-25(12-14-26)21-10-15-32(28,29)17-21/h2-9,16,18,21,24H,10-15,17H2,1H3/t18-,21-/m0/s1. The zero-order valence-corrected chi connectivity index (χ0v) is 20.2. The third kappa shape index (κ3) is 5.63. The Kier molecular flexibility index (Phi) is 6.90. The number of rotatable bonds is 6. The first-order valence-corrected chi connectivity index (χ1v) is 14.4. The van der Waals surface area contributed by atoms with E-state index in [0.29, 0.717) is 38.2 Å². The Hall–Kier alpha value is -2.27. The van der Waals surface area contributed by atoms with Crippen molar-refractivity contribution in [1.29, 1.82) is 0 Å². The van der Waals surface area contributed by atoms with Gasteiger partial charge in [0.1, 0.15) is 0 Å². The van der Waals surface area contributed by atoms with Crippen LogP contribution < -0.4 is 4.72 Å². The lowest BCUT2D eigenvalue weighted by Crippen LogP contribution is -2.52. The molecule has 2 aliphatic heterocycles. The topological polar surface area (TPSA) is 104 Å². The lowest BCUT2D eigenvalue weighted by molar-refractivity contribution is 0.0587. The largest absolute Gasteiger partial charge is 0.336 e. The number of sulfone groups is 1. The van der Waals surface area contributed by atoms with Crippen LogP contribution in [0.2, 0.25) is 0 Å². The molecule has 4 rings (SSSR count). The molecule has 0 radical (unpaired) electrons. The molecule has 2 fully saturated rings. The summed E-state index contributed by atoms with van der Waals surface area (Å²) in [6.45, 7) is 3.96. The van der Waals surface area contributed by atoms with Crippen LogP contribution in [0.25, 0.3) is 0 Å². The summed E-state index contributed by atoms with van der Waals surface area (Å²) < 4.78 is 52.0. The van der Waals surface area contributed by atoms with Gasteiger partial charge in [-0.25, -0.2) is 21.6 Å². The molecular weight excluding hydrogens is 462 g/mol. The molecule has 10 heteroatoms. The lowest BCUT2D eigenvalue weighted by Gasteiger charge is -2.37. The smallest absolute Gasteiger partial charge is 0.253 e. The van der Waals surface area contributed by atoms with Gasteiger partial charge in [-0.2, -0.15) is 0 Å². The number of nitrogens with zero attached hydrogens (tertiary/aromatic N) is 2. The van der Waals surface area contributed by atoms with Crippen LogP contribution in [0.1, 0.15) is 35.3 Å². The minimum Gasteiger partial charge on any atom is -0.336 e. The third-order valence-electron chi connectivity index (χ3n) is 6.35. The molecule has 2 heterocycles. The van der Waals surface area contributed by atoms with Crippen LogP contribution >= 0.6 is 0 Å². The number of sulfonamides is 1. The number of hydrogen-bond acceptors (Lipinski definition) is 6. The molecule has 0 saturated carbocycles. The molecule has 1 N–H and O–H groups in total. The van der Waals surface area contributed by atoms with Crippen LogP contribution in [0.3, 0.4) is 0 Å². The van der Waals surface area contributed by atoms with Crippen LogP contribution in [0.15, 0.2) is 59.5 Å². The number of hydrogen-bond donors (Lipinski definition) is 1. The van der Waals surface area contributed by atoms with Crippen molar-refractivity contribution in [1.82, 2.24) is 14.5 Å². The molecule has 8 nitrogen and oxygen atoms in total. The molecule has 0 spiro atoms. The number of carbonyl (C=O) groups excluding carboxylic acids is 1. The van der Waals surface area contributed by atoms with Gasteiger partial charge in [0.25, 0.3) is 5.91 Å². The van der Waals surface area contributed by atoms with Crippen LogP contribution in [-0.4, -0.2) is 76.3 Å². The molecule has 178 valence electrons. The molecule has 0 aromatic heterocycles. The van der Waals surface area contributed by atoms with Crippen molar-refractivity contribution < 1.29 is 21.6 Å². The maximum absolute atomic E-state index is 13.0. The van der Waals surface area contributed by atoms with E-state index in [-0.39, 0.29) is 28.4 Å². The molecule has 0 unspecified atom stereocenters. The normalized spacial score (nSPS) is 22.2. The molecule has 0 aliphatic carbocycles. The average molecular weight is 492 g/mol. The Morgan fingerprint density at radius 3 is 2.36 bits per heavy atom. The summed E-state index contributed by atoms with van der Waals surface area (Å²) in [5, 5.41) is 0. The number of nitrogens with one attached hydrogen (secondary N) is 1. The van der Waals surface area contributed by atoms with Gasteiger partial charge < -0.3 is 4.90 Å². The van der Waals surface area contributed by atoms with E-state index in [1.54, 1.807) is 24.0 Å². The summed E-state index contributed by atoms with van der Waals surface area (Å²) in [5.74, 6) is 0.200. The maximum atomic E-state index is 13.0. The summed E-state index contributed by atoms with van der Waals surface area (Å²) >= 11 is 0. The van der Waals surface area contributed by atoms with Gasteiger partial charge in [-0.3, -0.25) is 9.69 Å². The number of carbonyl (C=O) groups is 1. The zero-order valence-electron chi connectivity index (χ0n) is 18.6. The minimum atomic E-state index is -3.81. The maximum Gasteiger partial charge on any atom is 0.253 e. The predicted molar refractivity (Wildman–Crippen MR) is 126 cm³/mol. The van der Waals surface area contributed by atoms with E-state index in [4.69, 9.17) is 0 Å². The van der Waals surface area contributed by atoms with Gasteiger partial charge in [0.15, 0.2) is 9.84 Å². The second-order valence-corrected chi connectivity index (χ2v) is 12.6. The van der Waals surface area contributed by atoms with Crippen molar-refractivity contribution in [3.05, 3.63) is 65.7 Å². The minimum absolute atomic E-state index is 0.0263. The highest BCUT2D eigenvalue weighted by Crippen LogP contribution is 2.21. The molecule has 2 aliphatic rings. The van der Waals surface area contributed by atoms with Gasteiger partial charge in [0, 0.05) is 43.8 Å². The van der Waals surface area contributed by atoms with Crippen molar-refractivity contribution in [3.8, 4) is 0 Å². The highest BCUT2D eigenvalue weighted by atomic mass is 32.2. The van der Waals surface area contributed by atoms with Gasteiger partial charge in [-0.05, 0) is 37.1 Å². The summed E-state index contributed by atoms with van der Waals surface area (Å²) in [6.07, 6.45) is 0.643. The quantitative estimate of drug-likeness (QED) is 0.659. The average Bonchev–Trinajstić information content (AvgIpc) is 3.18. The summed E-state index contributed by atoms with van der Waals surface area (Å²) in [7, 11) is -6.76. The summed E-state index contributed by atoms with van der Waals surface area (Å²) in [6, 6.07) is 15.0. The second-order valence-electron chi connectivity index (χ2n) is 8.67. The number of amides is 1. The molecule has 33 heavy (non-hydrogen) atoms. The first kappa shape index (κ1) is 23.9. The van der Waals surface area contributed by atoms with Crippen molar-refractivity contribution >= 4 is 25.8 Å². The van der Waals surface area contributed by atoms with Gasteiger partial charge in [0.2, 0.25) is 10.0 Å². The first-order chi connectivity index (χ1) is 15.6. The fraction of sp³-hybridized carbons (Fsp3) is 0.435. The predicted octanol–water partition coefficient (Wildman–Crippen LogP) is 1.67. The fourth-order valence-electron chi connectivity index (χ4n) is 4.44. The van der Waals surface area contributed by atoms with E-state index in [9.17, 15) is 21.6 Å². The van der Waals surface area contributed by atoms with Crippen LogP contribution in [-0.2, 0) is 19.9 Å². The first-order valence-electron chi connectivity index (χ1n) is 11.1. The Labute approximate surface area is 195 Å². The van der Waals surface area contributed by atoms with Crippen LogP contribution in [0.4, 0.5) is 0 Å². The number of piperazine rings is 1. The van der Waals surface area contributed by atoms with Gasteiger partial charge in [-0.1, -0.05) is 36.4 Å². The molecule has 2 saturated heterocycles. The fourth-order valence-corrected chi connectivity index (χ4v) is 7.48. The van der Waals surface area contributed by atoms with Gasteiger partial charge in [-0.15, -0.1) is 0 Å².